The van der Waals surface area contributed by atoms with Gasteiger partial charge in [0.2, 0.25) is 15.9 Å². The summed E-state index contributed by atoms with van der Waals surface area (Å²) in [6.45, 7) is 2.82. The Bertz CT molecular complexity index is 1030. The van der Waals surface area contributed by atoms with E-state index >= 15 is 0 Å². The lowest BCUT2D eigenvalue weighted by Crippen LogP contribution is -2.35. The standard InChI is InChI=1S/C18H20N4O6S/c1-12-3-8-16(22(25)26)11-17(12)29(27,28)20-10-9-19-18(24)14-4-6-15(7-5-14)21-13(2)23/h3-8,11,20H,9-10H2,1-2H3,(H,19,24)(H,21,23). The SMILES string of the molecule is CC(=O)Nc1ccc(C(=O)NCCNS(=O)(=O)c2cc([N+](=O)[O-])ccc2C)cc1. The second-order valence-electron chi connectivity index (χ2n) is 6.12. The first-order chi connectivity index (χ1) is 13.6. The topological polar surface area (TPSA) is 148 Å². The number of sulfonamides is 1. The summed E-state index contributed by atoms with van der Waals surface area (Å²) in [5.41, 5.74) is 0.934. The first-order valence-electron chi connectivity index (χ1n) is 8.51. The van der Waals surface area contributed by atoms with Gasteiger partial charge in [-0.15, -0.1) is 0 Å². The van der Waals surface area contributed by atoms with Gasteiger partial charge in [0.05, 0.1) is 9.82 Å². The normalized spacial score (nSPS) is 11.0. The number of carbonyl (C=O) groups is 2. The van der Waals surface area contributed by atoms with Crippen LogP contribution in [0.4, 0.5) is 11.4 Å². The van der Waals surface area contributed by atoms with E-state index in [0.717, 1.165) is 6.07 Å². The van der Waals surface area contributed by atoms with Crippen LogP contribution >= 0.6 is 0 Å². The number of nitro groups is 1. The van der Waals surface area contributed by atoms with Crippen molar-refractivity contribution in [2.75, 3.05) is 18.4 Å². The third-order valence-corrected chi connectivity index (χ3v) is 5.45. The summed E-state index contributed by atoms with van der Waals surface area (Å²) in [5, 5.41) is 16.0. The Morgan fingerprint density at radius 3 is 2.31 bits per heavy atom. The van der Waals surface area contributed by atoms with Gasteiger partial charge in [-0.25, -0.2) is 13.1 Å². The number of nitrogens with one attached hydrogen (secondary N) is 3. The minimum Gasteiger partial charge on any atom is -0.351 e. The lowest BCUT2D eigenvalue weighted by Gasteiger charge is -2.10. The van der Waals surface area contributed by atoms with Gasteiger partial charge in [0.25, 0.3) is 11.6 Å². The predicted octanol–water partition coefficient (Wildman–Crippen LogP) is 1.57. The molecule has 0 saturated carbocycles. The summed E-state index contributed by atoms with van der Waals surface area (Å²) in [4.78, 5) is 33.1. The highest BCUT2D eigenvalue weighted by atomic mass is 32.2. The Morgan fingerprint density at radius 1 is 1.07 bits per heavy atom. The van der Waals surface area contributed by atoms with Crippen LogP contribution in [-0.2, 0) is 14.8 Å². The number of rotatable bonds is 8. The summed E-state index contributed by atoms with van der Waals surface area (Å²) in [7, 11) is -3.97. The molecule has 29 heavy (non-hydrogen) atoms. The van der Waals surface area contributed by atoms with Gasteiger partial charge in [0.1, 0.15) is 0 Å². The molecule has 0 unspecified atom stereocenters. The molecule has 154 valence electrons. The van der Waals surface area contributed by atoms with Crippen LogP contribution in [0.5, 0.6) is 0 Å². The number of amides is 2. The molecule has 0 spiro atoms. The molecule has 2 amide bonds. The van der Waals surface area contributed by atoms with Crippen molar-refractivity contribution < 1.29 is 22.9 Å². The van der Waals surface area contributed by atoms with E-state index in [1.54, 1.807) is 12.1 Å². The molecule has 0 aliphatic rings. The van der Waals surface area contributed by atoms with Gasteiger partial charge in [-0.2, -0.15) is 0 Å². The predicted molar refractivity (Wildman–Crippen MR) is 106 cm³/mol. The summed E-state index contributed by atoms with van der Waals surface area (Å²) >= 11 is 0. The zero-order valence-corrected chi connectivity index (χ0v) is 16.6. The van der Waals surface area contributed by atoms with Crippen LogP contribution in [0.1, 0.15) is 22.8 Å². The number of carbonyl (C=O) groups excluding carboxylic acids is 2. The molecule has 0 radical (unpaired) electrons. The molecular formula is C18H20N4O6S. The molecule has 2 aromatic rings. The second-order valence-corrected chi connectivity index (χ2v) is 7.85. The molecule has 0 atom stereocenters. The summed E-state index contributed by atoms with van der Waals surface area (Å²) in [6.07, 6.45) is 0. The van der Waals surface area contributed by atoms with Gasteiger partial charge in [-0.1, -0.05) is 6.07 Å². The van der Waals surface area contributed by atoms with Gasteiger partial charge in [-0.05, 0) is 36.8 Å². The highest BCUT2D eigenvalue weighted by Gasteiger charge is 2.20. The molecule has 0 bridgehead atoms. The number of hydrogen-bond donors (Lipinski definition) is 3. The van der Waals surface area contributed by atoms with Crippen molar-refractivity contribution in [1.82, 2.24) is 10.0 Å². The van der Waals surface area contributed by atoms with Gasteiger partial charge >= 0.3 is 0 Å². The van der Waals surface area contributed by atoms with Crippen LogP contribution in [0.25, 0.3) is 0 Å². The monoisotopic (exact) mass is 420 g/mol. The van der Waals surface area contributed by atoms with Crippen molar-refractivity contribution >= 4 is 33.2 Å². The lowest BCUT2D eigenvalue weighted by molar-refractivity contribution is -0.385. The molecule has 2 rings (SSSR count). The smallest absolute Gasteiger partial charge is 0.270 e. The fourth-order valence-electron chi connectivity index (χ4n) is 2.44. The average Bonchev–Trinajstić information content (AvgIpc) is 2.65. The van der Waals surface area contributed by atoms with Crippen LogP contribution < -0.4 is 15.4 Å². The van der Waals surface area contributed by atoms with E-state index < -0.39 is 20.9 Å². The minimum atomic E-state index is -3.97. The van der Waals surface area contributed by atoms with Gasteiger partial charge < -0.3 is 10.6 Å². The van der Waals surface area contributed by atoms with Gasteiger partial charge in [-0.3, -0.25) is 19.7 Å². The Kier molecular flexibility index (Phi) is 7.02. The van der Waals surface area contributed by atoms with Crippen molar-refractivity contribution in [2.45, 2.75) is 18.7 Å². The molecule has 0 aromatic heterocycles. The third-order valence-electron chi connectivity index (χ3n) is 3.84. The maximum absolute atomic E-state index is 12.4. The maximum atomic E-state index is 12.4. The van der Waals surface area contributed by atoms with Crippen LogP contribution in [0.3, 0.4) is 0 Å². The van der Waals surface area contributed by atoms with E-state index in [1.165, 1.54) is 38.1 Å². The molecular weight excluding hydrogens is 400 g/mol. The fraction of sp³-hybridized carbons (Fsp3) is 0.222. The second kappa shape index (κ2) is 9.26. The van der Waals surface area contributed by atoms with Crippen molar-refractivity contribution in [3.05, 3.63) is 63.7 Å². The molecule has 0 aliphatic carbocycles. The highest BCUT2D eigenvalue weighted by Crippen LogP contribution is 2.21. The van der Waals surface area contributed by atoms with E-state index in [2.05, 4.69) is 15.4 Å². The quantitative estimate of drug-likeness (QED) is 0.335. The zero-order chi connectivity index (χ0) is 21.6. The maximum Gasteiger partial charge on any atom is 0.270 e. The van der Waals surface area contributed by atoms with Crippen LogP contribution in [0, 0.1) is 17.0 Å². The molecule has 0 fully saturated rings. The molecule has 10 nitrogen and oxygen atoms in total. The van der Waals surface area contributed by atoms with E-state index in [9.17, 15) is 28.1 Å². The van der Waals surface area contributed by atoms with Crippen LogP contribution in [-0.4, -0.2) is 38.2 Å². The first-order valence-corrected chi connectivity index (χ1v) is 9.99. The number of anilines is 1. The average molecular weight is 420 g/mol. The largest absolute Gasteiger partial charge is 0.351 e. The van der Waals surface area contributed by atoms with E-state index in [1.807, 2.05) is 0 Å². The number of benzene rings is 2. The van der Waals surface area contributed by atoms with E-state index in [0.29, 0.717) is 16.8 Å². The lowest BCUT2D eigenvalue weighted by atomic mass is 10.2. The third kappa shape index (κ3) is 6.09. The molecule has 0 aliphatic heterocycles. The van der Waals surface area contributed by atoms with Crippen molar-refractivity contribution in [3.8, 4) is 0 Å². The highest BCUT2D eigenvalue weighted by molar-refractivity contribution is 7.89. The Balaban J connectivity index is 1.92. The molecule has 11 heteroatoms. The number of nitrogens with zero attached hydrogens (tertiary/aromatic N) is 1. The summed E-state index contributed by atoms with van der Waals surface area (Å²) in [6, 6.07) is 9.78. The van der Waals surface area contributed by atoms with Gasteiger partial charge in [0, 0.05) is 43.4 Å². The molecule has 2 aromatic carbocycles. The van der Waals surface area contributed by atoms with Crippen LogP contribution in [0.15, 0.2) is 47.4 Å². The van der Waals surface area contributed by atoms with E-state index in [-0.39, 0.29) is 29.6 Å². The first kappa shape index (κ1) is 22.0. The fourth-order valence-corrected chi connectivity index (χ4v) is 3.74. The van der Waals surface area contributed by atoms with Crippen LogP contribution in [0.2, 0.25) is 0 Å². The Hall–Kier alpha value is -3.31. The van der Waals surface area contributed by atoms with Gasteiger partial charge in [0.15, 0.2) is 0 Å². The minimum absolute atomic E-state index is 0.0134. The number of hydrogen-bond acceptors (Lipinski definition) is 6. The zero-order valence-electron chi connectivity index (χ0n) is 15.8. The Labute approximate surface area is 167 Å². The summed E-state index contributed by atoms with van der Waals surface area (Å²) < 4.78 is 27.1. The Morgan fingerprint density at radius 2 is 1.72 bits per heavy atom. The van der Waals surface area contributed by atoms with Crippen molar-refractivity contribution in [1.29, 1.82) is 0 Å². The number of nitro benzene ring substituents is 1. The number of non-ortho nitro benzene ring substituents is 1. The van der Waals surface area contributed by atoms with E-state index in [4.69, 9.17) is 0 Å². The molecule has 0 saturated heterocycles. The molecule has 0 heterocycles. The number of aryl methyl sites for hydroxylation is 1. The molecule has 3 N–H and O–H groups in total. The summed E-state index contributed by atoms with van der Waals surface area (Å²) in [5.74, 6) is -0.640. The van der Waals surface area contributed by atoms with Crippen molar-refractivity contribution in [3.63, 3.8) is 0 Å². The van der Waals surface area contributed by atoms with Crippen molar-refractivity contribution in [2.24, 2.45) is 0 Å².